The van der Waals surface area contributed by atoms with Gasteiger partial charge in [-0.25, -0.2) is 8.78 Å². The molecule has 0 fully saturated rings. The minimum Gasteiger partial charge on any atom is -0.301 e. The summed E-state index contributed by atoms with van der Waals surface area (Å²) in [6.07, 6.45) is -2.42. The van der Waals surface area contributed by atoms with E-state index in [9.17, 15) is 8.78 Å². The van der Waals surface area contributed by atoms with Crippen molar-refractivity contribution in [1.29, 1.82) is 0 Å². The predicted octanol–water partition coefficient (Wildman–Crippen LogP) is 3.30. The second-order valence-electron chi connectivity index (χ2n) is 4.07. The van der Waals surface area contributed by atoms with Crippen molar-refractivity contribution in [3.63, 3.8) is 0 Å². The lowest BCUT2D eigenvalue weighted by atomic mass is 10.1. The summed E-state index contributed by atoms with van der Waals surface area (Å²) >= 11 is 0. The van der Waals surface area contributed by atoms with Crippen LogP contribution in [0.3, 0.4) is 0 Å². The second kappa shape index (κ2) is 6.55. The van der Waals surface area contributed by atoms with Crippen molar-refractivity contribution in [2.45, 2.75) is 26.8 Å². The number of benzene rings is 1. The number of hydroxylamine groups is 1. The summed E-state index contributed by atoms with van der Waals surface area (Å²) in [6.45, 7) is 5.13. The van der Waals surface area contributed by atoms with Crippen molar-refractivity contribution >= 4 is 0 Å². The molecule has 0 radical (unpaired) electrons. The van der Waals surface area contributed by atoms with E-state index in [0.717, 1.165) is 5.56 Å². The first-order valence-corrected chi connectivity index (χ1v) is 5.31. The van der Waals surface area contributed by atoms with Gasteiger partial charge in [0.25, 0.3) is 6.43 Å². The Labute approximate surface area is 94.6 Å². The van der Waals surface area contributed by atoms with Gasteiger partial charge in [0.05, 0.1) is 6.61 Å². The van der Waals surface area contributed by atoms with Crippen LogP contribution in [0.2, 0.25) is 0 Å². The largest absolute Gasteiger partial charge is 0.301 e. The second-order valence-corrected chi connectivity index (χ2v) is 4.07. The molecule has 0 aromatic heterocycles. The molecule has 0 aliphatic carbocycles. The molecule has 1 rings (SSSR count). The molecular formula is C12H17F2NO. The molecule has 1 aromatic carbocycles. The first-order chi connectivity index (χ1) is 7.59. The van der Waals surface area contributed by atoms with E-state index in [1.54, 1.807) is 12.1 Å². The molecule has 16 heavy (non-hydrogen) atoms. The fraction of sp³-hybridized carbons (Fsp3) is 0.500. The number of hydrogen-bond acceptors (Lipinski definition) is 2. The number of hydrogen-bond donors (Lipinski definition) is 1. The Morgan fingerprint density at radius 2 is 2.06 bits per heavy atom. The third-order valence-electron chi connectivity index (χ3n) is 2.00. The normalized spacial score (nSPS) is 11.4. The molecule has 2 nitrogen and oxygen atoms in total. The van der Waals surface area contributed by atoms with E-state index in [-0.39, 0.29) is 5.56 Å². The lowest BCUT2D eigenvalue weighted by Crippen LogP contribution is -2.17. The van der Waals surface area contributed by atoms with Crippen LogP contribution in [0, 0.1) is 5.92 Å². The van der Waals surface area contributed by atoms with Gasteiger partial charge in [0.2, 0.25) is 0 Å². The van der Waals surface area contributed by atoms with Gasteiger partial charge < -0.3 is 4.84 Å². The van der Waals surface area contributed by atoms with E-state index in [0.29, 0.717) is 19.1 Å². The Kier molecular flexibility index (Phi) is 5.35. The van der Waals surface area contributed by atoms with Gasteiger partial charge in [0, 0.05) is 12.1 Å². The van der Waals surface area contributed by atoms with Crippen LogP contribution in [0.5, 0.6) is 0 Å². The monoisotopic (exact) mass is 229 g/mol. The summed E-state index contributed by atoms with van der Waals surface area (Å²) in [6, 6.07) is 6.32. The van der Waals surface area contributed by atoms with Gasteiger partial charge in [0.1, 0.15) is 0 Å². The Balaban J connectivity index is 2.39. The predicted molar refractivity (Wildman–Crippen MR) is 59.0 cm³/mol. The molecule has 0 bridgehead atoms. The van der Waals surface area contributed by atoms with Gasteiger partial charge in [-0.2, -0.15) is 5.48 Å². The molecule has 0 spiro atoms. The van der Waals surface area contributed by atoms with Crippen molar-refractivity contribution in [1.82, 2.24) is 5.48 Å². The van der Waals surface area contributed by atoms with Crippen molar-refractivity contribution in [2.24, 2.45) is 5.92 Å². The zero-order chi connectivity index (χ0) is 12.0. The molecule has 0 unspecified atom stereocenters. The summed E-state index contributed by atoms with van der Waals surface area (Å²) in [5.41, 5.74) is 3.59. The Bertz CT molecular complexity index is 316. The minimum absolute atomic E-state index is 0.0446. The van der Waals surface area contributed by atoms with Gasteiger partial charge in [-0.1, -0.05) is 32.0 Å². The molecule has 4 heteroatoms. The van der Waals surface area contributed by atoms with Gasteiger partial charge >= 0.3 is 0 Å². The van der Waals surface area contributed by atoms with Crippen LogP contribution in [0.4, 0.5) is 8.78 Å². The highest BCUT2D eigenvalue weighted by molar-refractivity contribution is 5.23. The molecule has 90 valence electrons. The maximum absolute atomic E-state index is 12.4. The third-order valence-corrected chi connectivity index (χ3v) is 2.00. The molecule has 0 heterocycles. The fourth-order valence-electron chi connectivity index (χ4n) is 1.20. The topological polar surface area (TPSA) is 21.3 Å². The number of rotatable bonds is 6. The summed E-state index contributed by atoms with van der Waals surface area (Å²) < 4.78 is 24.8. The average molecular weight is 229 g/mol. The first-order valence-electron chi connectivity index (χ1n) is 5.31. The van der Waals surface area contributed by atoms with Crippen molar-refractivity contribution in [2.75, 3.05) is 6.61 Å². The third kappa shape index (κ3) is 4.68. The van der Waals surface area contributed by atoms with Gasteiger partial charge in [-0.3, -0.25) is 0 Å². The quantitative estimate of drug-likeness (QED) is 0.597. The first kappa shape index (κ1) is 13.1. The van der Waals surface area contributed by atoms with Crippen LogP contribution >= 0.6 is 0 Å². The lowest BCUT2D eigenvalue weighted by Gasteiger charge is -2.08. The van der Waals surface area contributed by atoms with Crippen LogP contribution in [0.15, 0.2) is 24.3 Å². The molecule has 0 amide bonds. The van der Waals surface area contributed by atoms with Crippen molar-refractivity contribution < 1.29 is 13.6 Å². The molecule has 0 aliphatic rings. The maximum atomic E-state index is 12.4. The fourth-order valence-corrected chi connectivity index (χ4v) is 1.20. The van der Waals surface area contributed by atoms with E-state index in [1.807, 2.05) is 13.8 Å². The van der Waals surface area contributed by atoms with Crippen LogP contribution < -0.4 is 5.48 Å². The number of alkyl halides is 2. The highest BCUT2D eigenvalue weighted by atomic mass is 19.3. The smallest absolute Gasteiger partial charge is 0.263 e. The number of halogens is 2. The van der Waals surface area contributed by atoms with E-state index < -0.39 is 6.43 Å². The molecule has 0 saturated heterocycles. The number of nitrogens with one attached hydrogen (secondary N) is 1. The zero-order valence-corrected chi connectivity index (χ0v) is 9.54. The molecule has 1 N–H and O–H groups in total. The summed E-state index contributed by atoms with van der Waals surface area (Å²) in [5.74, 6) is 0.444. The molecule has 0 saturated carbocycles. The zero-order valence-electron chi connectivity index (χ0n) is 9.54. The minimum atomic E-state index is -2.42. The summed E-state index contributed by atoms with van der Waals surface area (Å²) in [4.78, 5) is 5.16. The average Bonchev–Trinajstić information content (AvgIpc) is 2.24. The van der Waals surface area contributed by atoms with E-state index in [2.05, 4.69) is 5.48 Å². The van der Waals surface area contributed by atoms with Crippen molar-refractivity contribution in [3.8, 4) is 0 Å². The Morgan fingerprint density at radius 3 is 2.69 bits per heavy atom. The SMILES string of the molecule is CC(C)CONCc1cccc(C(F)F)c1. The van der Waals surface area contributed by atoms with Gasteiger partial charge in [0.15, 0.2) is 0 Å². The maximum Gasteiger partial charge on any atom is 0.263 e. The highest BCUT2D eigenvalue weighted by Crippen LogP contribution is 2.19. The van der Waals surface area contributed by atoms with Gasteiger partial charge in [-0.15, -0.1) is 0 Å². The molecule has 1 aromatic rings. The molecule has 0 atom stereocenters. The Morgan fingerprint density at radius 1 is 1.31 bits per heavy atom. The lowest BCUT2D eigenvalue weighted by molar-refractivity contribution is 0.0196. The van der Waals surface area contributed by atoms with Crippen LogP contribution in [-0.2, 0) is 11.4 Å². The van der Waals surface area contributed by atoms with Gasteiger partial charge in [-0.05, 0) is 17.5 Å². The molecular weight excluding hydrogens is 212 g/mol. The summed E-state index contributed by atoms with van der Waals surface area (Å²) in [7, 11) is 0. The van der Waals surface area contributed by atoms with Crippen LogP contribution in [0.25, 0.3) is 0 Å². The van der Waals surface area contributed by atoms with Crippen molar-refractivity contribution in [3.05, 3.63) is 35.4 Å². The van der Waals surface area contributed by atoms with E-state index in [1.165, 1.54) is 12.1 Å². The highest BCUT2D eigenvalue weighted by Gasteiger charge is 2.06. The van der Waals surface area contributed by atoms with Crippen LogP contribution in [0.1, 0.15) is 31.4 Å². The standard InChI is InChI=1S/C12H17F2NO/c1-9(2)8-16-15-7-10-4-3-5-11(6-10)12(13)14/h3-6,9,12,15H,7-8H2,1-2H3. The Hall–Kier alpha value is -1.00. The van der Waals surface area contributed by atoms with Crippen LogP contribution in [-0.4, -0.2) is 6.61 Å². The summed E-state index contributed by atoms with van der Waals surface area (Å²) in [5, 5.41) is 0. The molecule has 0 aliphatic heterocycles. The van der Waals surface area contributed by atoms with E-state index >= 15 is 0 Å². The van der Waals surface area contributed by atoms with E-state index in [4.69, 9.17) is 4.84 Å².